The van der Waals surface area contributed by atoms with E-state index in [2.05, 4.69) is 28.0 Å². The normalized spacial score (nSPS) is 18.9. The molecular formula is C12H17BrN2O. The van der Waals surface area contributed by atoms with Crippen LogP contribution in [0.3, 0.4) is 0 Å². The summed E-state index contributed by atoms with van der Waals surface area (Å²) in [5.41, 5.74) is 0.571. The Kier molecular flexibility index (Phi) is 3.19. The second-order valence-corrected chi connectivity index (χ2v) is 5.61. The predicted molar refractivity (Wildman–Crippen MR) is 66.5 cm³/mol. The van der Waals surface area contributed by atoms with Gasteiger partial charge in [-0.25, -0.2) is 0 Å². The molecule has 0 bridgehead atoms. The van der Waals surface area contributed by atoms with E-state index in [9.17, 15) is 4.79 Å². The van der Waals surface area contributed by atoms with E-state index in [1.165, 1.54) is 12.8 Å². The topological polar surface area (TPSA) is 34.9 Å². The van der Waals surface area contributed by atoms with E-state index in [1.54, 1.807) is 10.9 Å². The van der Waals surface area contributed by atoms with E-state index in [4.69, 9.17) is 0 Å². The zero-order chi connectivity index (χ0) is 11.8. The average Bonchev–Trinajstić information content (AvgIpc) is 2.85. The lowest BCUT2D eigenvalue weighted by Gasteiger charge is -2.22. The molecule has 0 atom stereocenters. The van der Waals surface area contributed by atoms with Crippen LogP contribution in [0.5, 0.6) is 0 Å². The third kappa shape index (κ3) is 1.83. The molecule has 3 nitrogen and oxygen atoms in total. The Bertz CT molecular complexity index is 405. The first kappa shape index (κ1) is 11.8. The highest BCUT2D eigenvalue weighted by atomic mass is 79.9. The van der Waals surface area contributed by atoms with Crippen molar-refractivity contribution >= 4 is 21.7 Å². The summed E-state index contributed by atoms with van der Waals surface area (Å²) in [5, 5.41) is 4.21. The first-order chi connectivity index (χ1) is 7.58. The molecule has 16 heavy (non-hydrogen) atoms. The molecule has 88 valence electrons. The summed E-state index contributed by atoms with van der Waals surface area (Å²) < 4.78 is 2.61. The monoisotopic (exact) mass is 284 g/mol. The van der Waals surface area contributed by atoms with Crippen molar-refractivity contribution in [1.82, 2.24) is 9.78 Å². The van der Waals surface area contributed by atoms with Crippen molar-refractivity contribution in [2.24, 2.45) is 5.41 Å². The molecule has 1 saturated carbocycles. The summed E-state index contributed by atoms with van der Waals surface area (Å²) in [6.45, 7) is 4.83. The van der Waals surface area contributed by atoms with E-state index in [-0.39, 0.29) is 11.2 Å². The van der Waals surface area contributed by atoms with Gasteiger partial charge < -0.3 is 0 Å². The highest BCUT2D eigenvalue weighted by molar-refractivity contribution is 9.10. The Morgan fingerprint density at radius 3 is 2.75 bits per heavy atom. The summed E-state index contributed by atoms with van der Waals surface area (Å²) in [4.78, 5) is 12.5. The lowest BCUT2D eigenvalue weighted by Crippen LogP contribution is -2.27. The SMILES string of the molecule is CCn1ncc(Br)c1C(=O)C1(C)CCCC1. The van der Waals surface area contributed by atoms with E-state index < -0.39 is 0 Å². The van der Waals surface area contributed by atoms with Crippen LogP contribution < -0.4 is 0 Å². The van der Waals surface area contributed by atoms with Crippen molar-refractivity contribution in [2.75, 3.05) is 0 Å². The Morgan fingerprint density at radius 1 is 1.56 bits per heavy atom. The Labute approximate surface area is 104 Å². The van der Waals surface area contributed by atoms with Gasteiger partial charge in [0.15, 0.2) is 5.78 Å². The van der Waals surface area contributed by atoms with Crippen molar-refractivity contribution in [1.29, 1.82) is 0 Å². The van der Waals surface area contributed by atoms with E-state index >= 15 is 0 Å². The number of halogens is 1. The first-order valence-electron chi connectivity index (χ1n) is 5.84. The molecule has 0 spiro atoms. The van der Waals surface area contributed by atoms with Crippen LogP contribution in [0.4, 0.5) is 0 Å². The number of nitrogens with zero attached hydrogens (tertiary/aromatic N) is 2. The van der Waals surface area contributed by atoms with Crippen LogP contribution in [0.1, 0.15) is 50.0 Å². The average molecular weight is 285 g/mol. The summed E-state index contributed by atoms with van der Waals surface area (Å²) in [6.07, 6.45) is 6.07. The molecule has 1 aliphatic rings. The number of carbonyl (C=O) groups excluding carboxylic acids is 1. The first-order valence-corrected chi connectivity index (χ1v) is 6.64. The molecule has 4 heteroatoms. The van der Waals surface area contributed by atoms with Crippen molar-refractivity contribution in [3.8, 4) is 0 Å². The minimum absolute atomic E-state index is 0.171. The number of hydrogen-bond acceptors (Lipinski definition) is 2. The molecular weight excluding hydrogens is 268 g/mol. The zero-order valence-electron chi connectivity index (χ0n) is 9.79. The number of carbonyl (C=O) groups is 1. The lowest BCUT2D eigenvalue weighted by molar-refractivity contribution is 0.0810. The van der Waals surface area contributed by atoms with Crippen LogP contribution in [0.25, 0.3) is 0 Å². The lowest BCUT2D eigenvalue weighted by atomic mass is 9.82. The Morgan fingerprint density at radius 2 is 2.19 bits per heavy atom. The van der Waals surface area contributed by atoms with Crippen molar-refractivity contribution in [2.45, 2.75) is 46.1 Å². The second kappa shape index (κ2) is 4.32. The fraction of sp³-hybridized carbons (Fsp3) is 0.667. The highest BCUT2D eigenvalue weighted by Crippen LogP contribution is 2.41. The molecule has 0 unspecified atom stereocenters. The minimum Gasteiger partial charge on any atom is -0.292 e. The highest BCUT2D eigenvalue weighted by Gasteiger charge is 2.39. The quantitative estimate of drug-likeness (QED) is 0.797. The minimum atomic E-state index is -0.171. The van der Waals surface area contributed by atoms with Crippen LogP contribution in [0.2, 0.25) is 0 Å². The van der Waals surface area contributed by atoms with Gasteiger partial charge in [0.05, 0.1) is 10.7 Å². The van der Waals surface area contributed by atoms with Gasteiger partial charge in [0.25, 0.3) is 0 Å². The third-order valence-electron chi connectivity index (χ3n) is 3.56. The molecule has 0 aromatic carbocycles. The van der Waals surface area contributed by atoms with Crippen LogP contribution in [-0.4, -0.2) is 15.6 Å². The van der Waals surface area contributed by atoms with Crippen LogP contribution >= 0.6 is 15.9 Å². The zero-order valence-corrected chi connectivity index (χ0v) is 11.4. The predicted octanol–water partition coefficient (Wildman–Crippen LogP) is 3.43. The van der Waals surface area contributed by atoms with Crippen LogP contribution in [-0.2, 0) is 6.54 Å². The van der Waals surface area contributed by atoms with E-state index in [1.807, 2.05) is 6.92 Å². The largest absolute Gasteiger partial charge is 0.292 e. The summed E-state index contributed by atoms with van der Waals surface area (Å²) >= 11 is 3.43. The van der Waals surface area contributed by atoms with Gasteiger partial charge in [-0.1, -0.05) is 19.8 Å². The molecule has 0 aliphatic heterocycles. The summed E-state index contributed by atoms with van der Waals surface area (Å²) in [7, 11) is 0. The molecule has 1 aliphatic carbocycles. The summed E-state index contributed by atoms with van der Waals surface area (Å²) in [6, 6.07) is 0. The molecule has 1 fully saturated rings. The van der Waals surface area contributed by atoms with Gasteiger partial charge in [-0.3, -0.25) is 9.48 Å². The molecule has 0 N–H and O–H groups in total. The second-order valence-electron chi connectivity index (χ2n) is 4.75. The number of ketones is 1. The number of Topliss-reactive ketones (excluding diaryl/α,β-unsaturated/α-hetero) is 1. The number of aromatic nitrogens is 2. The number of hydrogen-bond donors (Lipinski definition) is 0. The molecule has 1 aromatic rings. The van der Waals surface area contributed by atoms with Crippen molar-refractivity contribution in [3.05, 3.63) is 16.4 Å². The van der Waals surface area contributed by atoms with Gasteiger partial charge >= 0.3 is 0 Å². The smallest absolute Gasteiger partial charge is 0.187 e. The van der Waals surface area contributed by atoms with E-state index in [0.717, 1.165) is 29.6 Å². The number of rotatable bonds is 3. The Hall–Kier alpha value is -0.640. The summed E-state index contributed by atoms with van der Waals surface area (Å²) in [5.74, 6) is 0.247. The fourth-order valence-electron chi connectivity index (χ4n) is 2.50. The van der Waals surface area contributed by atoms with E-state index in [0.29, 0.717) is 0 Å². The number of aryl methyl sites for hydroxylation is 1. The molecule has 0 radical (unpaired) electrons. The van der Waals surface area contributed by atoms with Crippen LogP contribution in [0.15, 0.2) is 10.7 Å². The fourth-order valence-corrected chi connectivity index (χ4v) is 2.97. The third-order valence-corrected chi connectivity index (χ3v) is 4.15. The van der Waals surface area contributed by atoms with Gasteiger partial charge in [-0.2, -0.15) is 5.10 Å². The maximum Gasteiger partial charge on any atom is 0.187 e. The standard InChI is InChI=1S/C12H17BrN2O/c1-3-15-10(9(13)8-14-15)11(16)12(2)6-4-5-7-12/h8H,3-7H2,1-2H3. The van der Waals surface area contributed by atoms with Crippen molar-refractivity contribution < 1.29 is 4.79 Å². The van der Waals surface area contributed by atoms with Crippen LogP contribution in [0, 0.1) is 5.41 Å². The molecule has 1 aromatic heterocycles. The molecule has 0 saturated heterocycles. The molecule has 2 rings (SSSR count). The maximum absolute atomic E-state index is 12.5. The van der Waals surface area contributed by atoms with Gasteiger partial charge in [0.1, 0.15) is 5.69 Å². The molecule has 1 heterocycles. The van der Waals surface area contributed by atoms with Gasteiger partial charge in [-0.05, 0) is 35.7 Å². The Balaban J connectivity index is 2.36. The maximum atomic E-state index is 12.5. The van der Waals surface area contributed by atoms with Gasteiger partial charge in [0, 0.05) is 12.0 Å². The van der Waals surface area contributed by atoms with Crippen molar-refractivity contribution in [3.63, 3.8) is 0 Å². The van der Waals surface area contributed by atoms with Gasteiger partial charge in [0.2, 0.25) is 0 Å². The van der Waals surface area contributed by atoms with Gasteiger partial charge in [-0.15, -0.1) is 0 Å². The molecule has 0 amide bonds.